The summed E-state index contributed by atoms with van der Waals surface area (Å²) in [4.78, 5) is 29.0. The summed E-state index contributed by atoms with van der Waals surface area (Å²) in [6.07, 6.45) is 0. The van der Waals surface area contributed by atoms with Gasteiger partial charge in [-0.15, -0.1) is 0 Å². The first-order valence-corrected chi connectivity index (χ1v) is 9.46. The highest BCUT2D eigenvalue weighted by Gasteiger charge is 2.17. The van der Waals surface area contributed by atoms with Crippen LogP contribution in [0.1, 0.15) is 15.4 Å². The fraction of sp³-hybridized carbons (Fsp3) is 0.0556. The molecule has 1 heterocycles. The van der Waals surface area contributed by atoms with E-state index in [4.69, 9.17) is 23.2 Å². The molecule has 0 unspecified atom stereocenters. The van der Waals surface area contributed by atoms with Gasteiger partial charge in [0.25, 0.3) is 5.91 Å². The number of thiazole rings is 1. The minimum atomic E-state index is -0.559. The van der Waals surface area contributed by atoms with Crippen LogP contribution < -0.4 is 16.0 Å². The maximum absolute atomic E-state index is 12.9. The topological polar surface area (TPSA) is 83.1 Å². The highest BCUT2D eigenvalue weighted by molar-refractivity contribution is 7.17. The van der Waals surface area contributed by atoms with E-state index in [-0.39, 0.29) is 11.0 Å². The van der Waals surface area contributed by atoms with Crippen LogP contribution in [0.15, 0.2) is 42.5 Å². The Kier molecular flexibility index (Phi) is 6.13. The normalized spacial score (nSPS) is 10.4. The molecule has 0 saturated carbocycles. The summed E-state index contributed by atoms with van der Waals surface area (Å²) in [6, 6.07) is 9.49. The Morgan fingerprint density at radius 1 is 0.964 bits per heavy atom. The zero-order valence-corrected chi connectivity index (χ0v) is 16.7. The summed E-state index contributed by atoms with van der Waals surface area (Å²) >= 11 is 12.8. The van der Waals surface area contributed by atoms with Gasteiger partial charge >= 0.3 is 6.03 Å². The molecular weight excluding hydrogens is 426 g/mol. The van der Waals surface area contributed by atoms with Crippen LogP contribution in [0.25, 0.3) is 0 Å². The quantitative estimate of drug-likeness (QED) is 0.481. The Bertz CT molecular complexity index is 1040. The van der Waals surface area contributed by atoms with E-state index in [0.717, 1.165) is 11.3 Å². The number of aryl methyl sites for hydroxylation is 1. The third-order valence-electron chi connectivity index (χ3n) is 3.50. The van der Waals surface area contributed by atoms with Crippen LogP contribution in [-0.4, -0.2) is 16.9 Å². The summed E-state index contributed by atoms with van der Waals surface area (Å²) in [7, 11) is 0. The van der Waals surface area contributed by atoms with E-state index in [9.17, 15) is 14.0 Å². The molecule has 3 rings (SSSR count). The molecule has 3 aromatic rings. The van der Waals surface area contributed by atoms with E-state index >= 15 is 0 Å². The fourth-order valence-electron chi connectivity index (χ4n) is 2.21. The molecule has 0 saturated heterocycles. The number of urea groups is 1. The molecule has 0 aliphatic heterocycles. The summed E-state index contributed by atoms with van der Waals surface area (Å²) in [5.74, 6) is -0.792. The van der Waals surface area contributed by atoms with Crippen molar-refractivity contribution in [3.05, 3.63) is 68.9 Å². The molecule has 10 heteroatoms. The van der Waals surface area contributed by atoms with Gasteiger partial charge in [0.05, 0.1) is 15.7 Å². The Morgan fingerprint density at radius 3 is 2.32 bits per heavy atom. The second-order valence-electron chi connectivity index (χ2n) is 5.60. The maximum atomic E-state index is 12.9. The van der Waals surface area contributed by atoms with Crippen LogP contribution in [-0.2, 0) is 0 Å². The number of nitrogens with zero attached hydrogens (tertiary/aromatic N) is 1. The SMILES string of the molecule is Cc1nc(NC(=O)Nc2ccc(F)cc2)sc1C(=O)Nc1ccc(Cl)c(Cl)c1. The number of carbonyl (C=O) groups is 2. The number of aromatic nitrogens is 1. The predicted molar refractivity (Wildman–Crippen MR) is 110 cm³/mol. The van der Waals surface area contributed by atoms with Gasteiger partial charge in [0, 0.05) is 11.4 Å². The minimum Gasteiger partial charge on any atom is -0.321 e. The number of anilines is 3. The van der Waals surface area contributed by atoms with E-state index in [1.54, 1.807) is 19.1 Å². The Balaban J connectivity index is 1.66. The molecule has 3 N–H and O–H groups in total. The molecule has 1 aromatic heterocycles. The number of rotatable bonds is 4. The third kappa shape index (κ3) is 4.98. The molecular formula is C18H13Cl2FN4O2S. The maximum Gasteiger partial charge on any atom is 0.325 e. The third-order valence-corrected chi connectivity index (χ3v) is 5.31. The molecule has 144 valence electrons. The number of carbonyl (C=O) groups excluding carboxylic acids is 2. The van der Waals surface area contributed by atoms with Crippen molar-refractivity contribution in [2.45, 2.75) is 6.92 Å². The molecule has 0 aliphatic carbocycles. The predicted octanol–water partition coefficient (Wildman–Crippen LogP) is 5.79. The second kappa shape index (κ2) is 8.55. The number of hydrogen-bond acceptors (Lipinski definition) is 4. The second-order valence-corrected chi connectivity index (χ2v) is 7.42. The molecule has 0 bridgehead atoms. The molecule has 2 aromatic carbocycles. The lowest BCUT2D eigenvalue weighted by Gasteiger charge is -2.05. The molecule has 0 fully saturated rings. The number of benzene rings is 2. The number of halogens is 3. The summed E-state index contributed by atoms with van der Waals surface area (Å²) in [6.45, 7) is 1.66. The average Bonchev–Trinajstić information content (AvgIpc) is 3.00. The molecule has 28 heavy (non-hydrogen) atoms. The van der Waals surface area contributed by atoms with Gasteiger partial charge in [-0.25, -0.2) is 14.2 Å². The van der Waals surface area contributed by atoms with E-state index < -0.39 is 11.8 Å². The lowest BCUT2D eigenvalue weighted by molar-refractivity contribution is 0.103. The van der Waals surface area contributed by atoms with Gasteiger partial charge in [-0.1, -0.05) is 34.5 Å². The molecule has 0 spiro atoms. The van der Waals surface area contributed by atoms with Crippen LogP contribution in [0.4, 0.5) is 25.7 Å². The first kappa shape index (κ1) is 20.1. The van der Waals surface area contributed by atoms with Gasteiger partial charge in [0.1, 0.15) is 10.7 Å². The van der Waals surface area contributed by atoms with Gasteiger partial charge in [0.2, 0.25) is 0 Å². The van der Waals surface area contributed by atoms with Gasteiger partial charge in [0.15, 0.2) is 5.13 Å². The van der Waals surface area contributed by atoms with E-state index in [0.29, 0.717) is 32.0 Å². The lowest BCUT2D eigenvalue weighted by atomic mass is 10.3. The van der Waals surface area contributed by atoms with Crippen molar-refractivity contribution in [1.82, 2.24) is 4.98 Å². The van der Waals surface area contributed by atoms with Crippen LogP contribution in [0.3, 0.4) is 0 Å². The number of amides is 3. The zero-order chi connectivity index (χ0) is 20.3. The van der Waals surface area contributed by atoms with E-state index in [2.05, 4.69) is 20.9 Å². The van der Waals surface area contributed by atoms with Crippen molar-refractivity contribution in [3.8, 4) is 0 Å². The molecule has 6 nitrogen and oxygen atoms in total. The Morgan fingerprint density at radius 2 is 1.64 bits per heavy atom. The van der Waals surface area contributed by atoms with Gasteiger partial charge in [-0.2, -0.15) is 0 Å². The summed E-state index contributed by atoms with van der Waals surface area (Å²) in [5.41, 5.74) is 1.36. The number of nitrogens with one attached hydrogen (secondary N) is 3. The fourth-order valence-corrected chi connectivity index (χ4v) is 3.37. The first-order chi connectivity index (χ1) is 13.3. The van der Waals surface area contributed by atoms with E-state index in [1.807, 2.05) is 0 Å². The van der Waals surface area contributed by atoms with Crippen molar-refractivity contribution in [1.29, 1.82) is 0 Å². The van der Waals surface area contributed by atoms with Crippen LogP contribution in [0.5, 0.6) is 0 Å². The molecule has 3 amide bonds. The standard InChI is InChI=1S/C18H13Cl2FN4O2S/c1-9-15(16(26)23-12-6-7-13(19)14(20)8-12)28-18(22-9)25-17(27)24-11-4-2-10(21)3-5-11/h2-8H,1H3,(H,23,26)(H2,22,24,25,27). The average molecular weight is 439 g/mol. The molecule has 0 aliphatic rings. The van der Waals surface area contributed by atoms with Gasteiger partial charge < -0.3 is 10.6 Å². The zero-order valence-electron chi connectivity index (χ0n) is 14.3. The highest BCUT2D eigenvalue weighted by atomic mass is 35.5. The van der Waals surface area contributed by atoms with Crippen molar-refractivity contribution < 1.29 is 14.0 Å². The Hall–Kier alpha value is -2.68. The Labute approximate surface area is 173 Å². The van der Waals surface area contributed by atoms with Gasteiger partial charge in [-0.3, -0.25) is 10.1 Å². The van der Waals surface area contributed by atoms with Crippen LogP contribution in [0, 0.1) is 12.7 Å². The van der Waals surface area contributed by atoms with E-state index in [1.165, 1.54) is 30.3 Å². The van der Waals surface area contributed by atoms with Crippen LogP contribution in [0.2, 0.25) is 10.0 Å². The van der Waals surface area contributed by atoms with Crippen molar-refractivity contribution >= 4 is 63.0 Å². The summed E-state index contributed by atoms with van der Waals surface area (Å²) < 4.78 is 12.9. The smallest absolute Gasteiger partial charge is 0.321 e. The monoisotopic (exact) mass is 438 g/mol. The highest BCUT2D eigenvalue weighted by Crippen LogP contribution is 2.27. The van der Waals surface area contributed by atoms with Crippen molar-refractivity contribution in [2.24, 2.45) is 0 Å². The minimum absolute atomic E-state index is 0.247. The first-order valence-electron chi connectivity index (χ1n) is 7.89. The van der Waals surface area contributed by atoms with Crippen molar-refractivity contribution in [2.75, 3.05) is 16.0 Å². The molecule has 0 radical (unpaired) electrons. The lowest BCUT2D eigenvalue weighted by Crippen LogP contribution is -2.19. The van der Waals surface area contributed by atoms with Crippen molar-refractivity contribution in [3.63, 3.8) is 0 Å². The van der Waals surface area contributed by atoms with Gasteiger partial charge in [-0.05, 0) is 49.4 Å². The van der Waals surface area contributed by atoms with Crippen LogP contribution >= 0.6 is 34.5 Å². The molecule has 0 atom stereocenters. The largest absolute Gasteiger partial charge is 0.325 e. The summed E-state index contributed by atoms with van der Waals surface area (Å²) in [5, 5.41) is 8.75. The number of hydrogen-bond donors (Lipinski definition) is 3.